The first-order valence-electron chi connectivity index (χ1n) is 9.48. The van der Waals surface area contributed by atoms with E-state index >= 15 is 0 Å². The first kappa shape index (κ1) is 18.8. The molecule has 3 aromatic rings. The molecule has 0 atom stereocenters. The maximum Gasteiger partial charge on any atom is 0.289 e. The number of hydrogen-bond acceptors (Lipinski definition) is 6. The monoisotopic (exact) mass is 393 g/mol. The van der Waals surface area contributed by atoms with Crippen molar-refractivity contribution in [2.24, 2.45) is 0 Å². The highest BCUT2D eigenvalue weighted by Gasteiger charge is 2.25. The molecular weight excluding hydrogens is 370 g/mol. The molecule has 0 radical (unpaired) electrons. The Hall–Kier alpha value is -3.55. The van der Waals surface area contributed by atoms with E-state index in [4.69, 9.17) is 4.74 Å². The average molecular weight is 393 g/mol. The molecule has 0 aliphatic carbocycles. The topological polar surface area (TPSA) is 101 Å². The number of nitrogens with one attached hydrogen (secondary N) is 2. The van der Waals surface area contributed by atoms with Crippen LogP contribution in [0.4, 0.5) is 5.69 Å². The van der Waals surface area contributed by atoms with Crippen molar-refractivity contribution in [2.45, 2.75) is 26.3 Å². The van der Waals surface area contributed by atoms with Gasteiger partial charge in [0.05, 0.1) is 12.7 Å². The van der Waals surface area contributed by atoms with Gasteiger partial charge in [-0.2, -0.15) is 0 Å². The quantitative estimate of drug-likeness (QED) is 0.616. The number of methoxy groups -OCH3 is 1. The van der Waals surface area contributed by atoms with E-state index in [0.717, 1.165) is 24.2 Å². The lowest BCUT2D eigenvalue weighted by Crippen LogP contribution is -2.32. The van der Waals surface area contributed by atoms with Gasteiger partial charge in [-0.3, -0.25) is 9.36 Å². The third kappa shape index (κ3) is 3.49. The third-order valence-corrected chi connectivity index (χ3v) is 4.79. The number of amides is 1. The number of aromatic hydroxyl groups is 1. The largest absolute Gasteiger partial charge is 0.507 e. The van der Waals surface area contributed by atoms with Crippen LogP contribution >= 0.6 is 0 Å². The predicted octanol–water partition coefficient (Wildman–Crippen LogP) is 2.75. The Morgan fingerprint density at radius 1 is 1.24 bits per heavy atom. The van der Waals surface area contributed by atoms with Gasteiger partial charge in [0.2, 0.25) is 5.82 Å². The van der Waals surface area contributed by atoms with Gasteiger partial charge in [-0.1, -0.05) is 0 Å². The second-order valence-electron chi connectivity index (χ2n) is 7.21. The van der Waals surface area contributed by atoms with Crippen molar-refractivity contribution in [1.29, 1.82) is 0 Å². The molecule has 3 N–H and O–H groups in total. The molecule has 4 rings (SSSR count). The van der Waals surface area contributed by atoms with E-state index in [1.807, 2.05) is 32.0 Å². The van der Waals surface area contributed by atoms with Gasteiger partial charge in [-0.05, 0) is 56.2 Å². The molecule has 2 heterocycles. The number of phenolic OH excluding ortho intramolecular Hbond substituents is 1. The molecule has 1 aliphatic heterocycles. The van der Waals surface area contributed by atoms with Crippen molar-refractivity contribution in [2.75, 3.05) is 19.0 Å². The number of carbonyl (C=O) groups excluding carboxylic acids is 1. The van der Waals surface area contributed by atoms with Crippen molar-refractivity contribution in [3.05, 3.63) is 47.8 Å². The first-order valence-corrected chi connectivity index (χ1v) is 9.48. The van der Waals surface area contributed by atoms with E-state index < -0.39 is 0 Å². The zero-order valence-electron chi connectivity index (χ0n) is 16.6. The highest BCUT2D eigenvalue weighted by Crippen LogP contribution is 2.37. The number of fused-ring (bicyclic) bond motifs is 1. The molecule has 2 aromatic carbocycles. The van der Waals surface area contributed by atoms with Gasteiger partial charge in [0, 0.05) is 30.0 Å². The molecule has 1 aromatic heterocycles. The highest BCUT2D eigenvalue weighted by molar-refractivity contribution is 5.92. The summed E-state index contributed by atoms with van der Waals surface area (Å²) in [6.45, 7) is 4.59. The fraction of sp³-hybridized carbons (Fsp3) is 0.286. The van der Waals surface area contributed by atoms with Crippen LogP contribution < -0.4 is 15.4 Å². The predicted molar refractivity (Wildman–Crippen MR) is 110 cm³/mol. The van der Waals surface area contributed by atoms with Crippen LogP contribution in [0.5, 0.6) is 11.5 Å². The summed E-state index contributed by atoms with van der Waals surface area (Å²) in [6.07, 6.45) is 0.861. The molecule has 0 spiro atoms. The number of hydrogen-bond donors (Lipinski definition) is 3. The molecule has 8 nitrogen and oxygen atoms in total. The van der Waals surface area contributed by atoms with Crippen LogP contribution in [0.1, 0.15) is 30.0 Å². The summed E-state index contributed by atoms with van der Waals surface area (Å²) in [7, 11) is 1.59. The van der Waals surface area contributed by atoms with Crippen LogP contribution in [-0.4, -0.2) is 45.5 Å². The Labute approximate surface area is 168 Å². The molecule has 0 saturated carbocycles. The van der Waals surface area contributed by atoms with E-state index in [-0.39, 0.29) is 23.5 Å². The summed E-state index contributed by atoms with van der Waals surface area (Å²) in [5.74, 6) is 0.990. The number of rotatable bonds is 5. The molecule has 1 aliphatic rings. The Bertz CT molecular complexity index is 1060. The Balaban J connectivity index is 1.88. The number of anilines is 1. The zero-order valence-corrected chi connectivity index (χ0v) is 16.6. The van der Waals surface area contributed by atoms with E-state index in [1.54, 1.807) is 29.9 Å². The van der Waals surface area contributed by atoms with Crippen LogP contribution in [0.3, 0.4) is 0 Å². The number of benzene rings is 2. The smallest absolute Gasteiger partial charge is 0.289 e. The van der Waals surface area contributed by atoms with Gasteiger partial charge < -0.3 is 20.5 Å². The molecule has 0 unspecified atom stereocenters. The average Bonchev–Trinajstić information content (AvgIpc) is 3.33. The van der Waals surface area contributed by atoms with E-state index in [9.17, 15) is 9.90 Å². The van der Waals surface area contributed by atoms with Crippen LogP contribution in [0.25, 0.3) is 17.1 Å². The third-order valence-electron chi connectivity index (χ3n) is 4.79. The second kappa shape index (κ2) is 7.46. The molecule has 150 valence electrons. The normalized spacial score (nSPS) is 12.6. The van der Waals surface area contributed by atoms with Crippen molar-refractivity contribution in [3.8, 4) is 28.6 Å². The lowest BCUT2D eigenvalue weighted by atomic mass is 10.1. The summed E-state index contributed by atoms with van der Waals surface area (Å²) < 4.78 is 6.89. The minimum absolute atomic E-state index is 0.0496. The standard InChI is InChI=1S/C21H23N5O3/c1-12(2)23-21(28)20-25-24-19(26(20)14-4-6-15(29-3)7-5-14)16-10-13-8-9-22-17(13)11-18(16)27/h4-7,10-12,22,27H,8-9H2,1-3H3,(H,23,28). The Morgan fingerprint density at radius 2 is 2.00 bits per heavy atom. The fourth-order valence-corrected chi connectivity index (χ4v) is 3.42. The number of carbonyl (C=O) groups is 1. The molecular formula is C21H23N5O3. The summed E-state index contributed by atoms with van der Waals surface area (Å²) in [6, 6.07) is 10.8. The summed E-state index contributed by atoms with van der Waals surface area (Å²) >= 11 is 0. The van der Waals surface area contributed by atoms with Gasteiger partial charge in [0.15, 0.2) is 5.82 Å². The molecule has 1 amide bonds. The zero-order chi connectivity index (χ0) is 20.5. The van der Waals surface area contributed by atoms with Crippen molar-refractivity contribution >= 4 is 11.6 Å². The van der Waals surface area contributed by atoms with Crippen molar-refractivity contribution < 1.29 is 14.6 Å². The SMILES string of the molecule is COc1ccc(-n2c(C(=O)NC(C)C)nnc2-c2cc3c(cc2O)NCC3)cc1. The summed E-state index contributed by atoms with van der Waals surface area (Å²) in [4.78, 5) is 12.8. The summed E-state index contributed by atoms with van der Waals surface area (Å²) in [5, 5.41) is 25.1. The van der Waals surface area contributed by atoms with Gasteiger partial charge in [0.25, 0.3) is 5.91 Å². The number of nitrogens with zero attached hydrogens (tertiary/aromatic N) is 3. The lowest BCUT2D eigenvalue weighted by molar-refractivity contribution is 0.0930. The van der Waals surface area contributed by atoms with Crippen molar-refractivity contribution in [1.82, 2.24) is 20.1 Å². The number of phenols is 1. The molecule has 0 bridgehead atoms. The van der Waals surface area contributed by atoms with E-state index in [0.29, 0.717) is 22.8 Å². The van der Waals surface area contributed by atoms with Gasteiger partial charge in [-0.15, -0.1) is 10.2 Å². The minimum Gasteiger partial charge on any atom is -0.507 e. The summed E-state index contributed by atoms with van der Waals surface area (Å²) in [5.41, 5.74) is 3.23. The number of aromatic nitrogens is 3. The molecule has 29 heavy (non-hydrogen) atoms. The van der Waals surface area contributed by atoms with Crippen LogP contribution in [0.15, 0.2) is 36.4 Å². The first-order chi connectivity index (χ1) is 14.0. The number of ether oxygens (including phenoxy) is 1. The Kier molecular flexibility index (Phi) is 4.84. The van der Waals surface area contributed by atoms with Crippen LogP contribution in [-0.2, 0) is 6.42 Å². The van der Waals surface area contributed by atoms with E-state index in [1.165, 1.54) is 0 Å². The van der Waals surface area contributed by atoms with Gasteiger partial charge in [0.1, 0.15) is 11.5 Å². The molecule has 0 fully saturated rings. The van der Waals surface area contributed by atoms with Gasteiger partial charge in [-0.25, -0.2) is 0 Å². The van der Waals surface area contributed by atoms with Gasteiger partial charge >= 0.3 is 0 Å². The molecule has 0 saturated heterocycles. The van der Waals surface area contributed by atoms with Crippen molar-refractivity contribution in [3.63, 3.8) is 0 Å². The fourth-order valence-electron chi connectivity index (χ4n) is 3.42. The maximum absolute atomic E-state index is 12.8. The molecule has 8 heteroatoms. The van der Waals surface area contributed by atoms with E-state index in [2.05, 4.69) is 20.8 Å². The maximum atomic E-state index is 12.8. The van der Waals surface area contributed by atoms with Crippen LogP contribution in [0, 0.1) is 0 Å². The lowest BCUT2D eigenvalue weighted by Gasteiger charge is -2.14. The minimum atomic E-state index is -0.336. The highest BCUT2D eigenvalue weighted by atomic mass is 16.5. The van der Waals surface area contributed by atoms with Crippen LogP contribution in [0.2, 0.25) is 0 Å². The Morgan fingerprint density at radius 3 is 2.69 bits per heavy atom. The second-order valence-corrected chi connectivity index (χ2v) is 7.21.